The Bertz CT molecular complexity index is 342. The van der Waals surface area contributed by atoms with Gasteiger partial charge in [-0.05, 0) is 31.7 Å². The van der Waals surface area contributed by atoms with Gasteiger partial charge in [-0.2, -0.15) is 0 Å². The van der Waals surface area contributed by atoms with Gasteiger partial charge >= 0.3 is 0 Å². The van der Waals surface area contributed by atoms with Crippen LogP contribution in [0.4, 0.5) is 4.39 Å². The number of aryl methyl sites for hydroxylation is 1. The van der Waals surface area contributed by atoms with Crippen molar-refractivity contribution in [2.24, 2.45) is 0 Å². The SMILES string of the molecule is CNCC(O)c1cc(OC)c(C)cc1F. The number of likely N-dealkylation sites (N-methyl/N-ethyl adjacent to an activating group) is 1. The molecule has 1 atom stereocenters. The van der Waals surface area contributed by atoms with Crippen LogP contribution in [0.3, 0.4) is 0 Å². The van der Waals surface area contributed by atoms with E-state index in [2.05, 4.69) is 5.32 Å². The number of aliphatic hydroxyl groups excluding tert-OH is 1. The van der Waals surface area contributed by atoms with Crippen molar-refractivity contribution < 1.29 is 14.2 Å². The standard InChI is InChI=1S/C11H16FNO2/c1-7-4-9(12)8(5-11(7)15-3)10(14)6-13-2/h4-5,10,13-14H,6H2,1-3H3. The average Bonchev–Trinajstić information content (AvgIpc) is 2.18. The van der Waals surface area contributed by atoms with Crippen LogP contribution in [0.5, 0.6) is 5.75 Å². The molecule has 0 bridgehead atoms. The first-order valence-corrected chi connectivity index (χ1v) is 4.76. The van der Waals surface area contributed by atoms with E-state index < -0.39 is 11.9 Å². The number of aliphatic hydroxyl groups is 1. The van der Waals surface area contributed by atoms with E-state index in [4.69, 9.17) is 4.74 Å². The molecule has 0 fully saturated rings. The molecule has 1 unspecified atom stereocenters. The molecule has 1 aromatic rings. The number of hydrogen-bond donors (Lipinski definition) is 2. The second-order valence-corrected chi connectivity index (χ2v) is 3.42. The molecule has 3 nitrogen and oxygen atoms in total. The van der Waals surface area contributed by atoms with E-state index in [-0.39, 0.29) is 5.56 Å². The Kier molecular flexibility index (Phi) is 4.05. The molecule has 1 aromatic carbocycles. The van der Waals surface area contributed by atoms with Gasteiger partial charge in [0, 0.05) is 12.1 Å². The zero-order valence-electron chi connectivity index (χ0n) is 9.17. The van der Waals surface area contributed by atoms with Crippen LogP contribution in [0.1, 0.15) is 17.2 Å². The summed E-state index contributed by atoms with van der Waals surface area (Å²) in [5.74, 6) is 0.178. The summed E-state index contributed by atoms with van der Waals surface area (Å²) in [6, 6.07) is 2.90. The van der Waals surface area contributed by atoms with Gasteiger partial charge in [-0.3, -0.25) is 0 Å². The Hall–Kier alpha value is -1.13. The van der Waals surface area contributed by atoms with Crippen LogP contribution in [0, 0.1) is 12.7 Å². The average molecular weight is 213 g/mol. The normalized spacial score (nSPS) is 12.6. The maximum atomic E-state index is 13.5. The smallest absolute Gasteiger partial charge is 0.129 e. The molecule has 0 radical (unpaired) electrons. The van der Waals surface area contributed by atoms with Crippen molar-refractivity contribution in [3.8, 4) is 5.75 Å². The summed E-state index contributed by atoms with van der Waals surface area (Å²) in [7, 11) is 3.22. The van der Waals surface area contributed by atoms with Crippen molar-refractivity contribution >= 4 is 0 Å². The van der Waals surface area contributed by atoms with Crippen molar-refractivity contribution in [1.29, 1.82) is 0 Å². The molecule has 1 rings (SSSR count). The fourth-order valence-corrected chi connectivity index (χ4v) is 1.45. The predicted octanol–water partition coefficient (Wildman–Crippen LogP) is 1.40. The monoisotopic (exact) mass is 213 g/mol. The zero-order valence-corrected chi connectivity index (χ0v) is 9.17. The minimum atomic E-state index is -0.857. The minimum absolute atomic E-state index is 0.256. The number of rotatable bonds is 4. The summed E-state index contributed by atoms with van der Waals surface area (Å²) in [5.41, 5.74) is 0.974. The first-order chi connectivity index (χ1) is 7.10. The molecule has 0 spiro atoms. The van der Waals surface area contributed by atoms with E-state index in [1.165, 1.54) is 19.2 Å². The summed E-state index contributed by atoms with van der Waals surface area (Å²) in [5, 5.41) is 12.4. The lowest BCUT2D eigenvalue weighted by Gasteiger charge is -2.14. The summed E-state index contributed by atoms with van der Waals surface area (Å²) in [6.07, 6.45) is -0.857. The molecule has 0 amide bonds. The molecule has 0 aliphatic rings. The Morgan fingerprint density at radius 3 is 2.73 bits per heavy atom. The third-order valence-electron chi connectivity index (χ3n) is 2.27. The Morgan fingerprint density at radius 2 is 2.20 bits per heavy atom. The molecular formula is C11H16FNO2. The molecule has 2 N–H and O–H groups in total. The Balaban J connectivity index is 3.06. The molecule has 0 saturated carbocycles. The van der Waals surface area contributed by atoms with Gasteiger partial charge < -0.3 is 15.2 Å². The molecule has 0 aliphatic carbocycles. The second-order valence-electron chi connectivity index (χ2n) is 3.42. The lowest BCUT2D eigenvalue weighted by Crippen LogP contribution is -2.17. The van der Waals surface area contributed by atoms with Gasteiger partial charge in [-0.1, -0.05) is 0 Å². The van der Waals surface area contributed by atoms with E-state index in [1.54, 1.807) is 14.0 Å². The van der Waals surface area contributed by atoms with Crippen LogP contribution in [-0.4, -0.2) is 25.8 Å². The van der Waals surface area contributed by atoms with Crippen molar-refractivity contribution in [2.45, 2.75) is 13.0 Å². The van der Waals surface area contributed by atoms with E-state index in [0.717, 1.165) is 5.56 Å². The Morgan fingerprint density at radius 1 is 1.53 bits per heavy atom. The summed E-state index contributed by atoms with van der Waals surface area (Å²) in [4.78, 5) is 0. The molecule has 0 aliphatic heterocycles. The molecule has 4 heteroatoms. The third kappa shape index (κ3) is 2.67. The zero-order chi connectivity index (χ0) is 11.4. The highest BCUT2D eigenvalue weighted by Gasteiger charge is 2.14. The fraction of sp³-hybridized carbons (Fsp3) is 0.455. The molecule has 0 heterocycles. The highest BCUT2D eigenvalue weighted by Crippen LogP contribution is 2.25. The van der Waals surface area contributed by atoms with Crippen LogP contribution < -0.4 is 10.1 Å². The van der Waals surface area contributed by atoms with Gasteiger partial charge in [-0.25, -0.2) is 4.39 Å². The van der Waals surface area contributed by atoms with E-state index in [0.29, 0.717) is 12.3 Å². The molecule has 84 valence electrons. The summed E-state index contributed by atoms with van der Waals surface area (Å²) < 4.78 is 18.6. The second kappa shape index (κ2) is 5.09. The van der Waals surface area contributed by atoms with Gasteiger partial charge in [0.1, 0.15) is 11.6 Å². The number of hydrogen-bond acceptors (Lipinski definition) is 3. The van der Waals surface area contributed by atoms with Crippen molar-refractivity contribution in [3.05, 3.63) is 29.1 Å². The highest BCUT2D eigenvalue weighted by atomic mass is 19.1. The topological polar surface area (TPSA) is 41.5 Å². The van der Waals surface area contributed by atoms with Gasteiger partial charge in [0.2, 0.25) is 0 Å². The van der Waals surface area contributed by atoms with Crippen LogP contribution >= 0.6 is 0 Å². The maximum Gasteiger partial charge on any atom is 0.129 e. The molecular weight excluding hydrogens is 197 g/mol. The van der Waals surface area contributed by atoms with Crippen LogP contribution in [0.2, 0.25) is 0 Å². The van der Waals surface area contributed by atoms with Crippen molar-refractivity contribution in [3.63, 3.8) is 0 Å². The maximum absolute atomic E-state index is 13.5. The van der Waals surface area contributed by atoms with E-state index in [1.807, 2.05) is 0 Å². The number of benzene rings is 1. The molecule has 15 heavy (non-hydrogen) atoms. The number of halogens is 1. The van der Waals surface area contributed by atoms with E-state index >= 15 is 0 Å². The van der Waals surface area contributed by atoms with Crippen molar-refractivity contribution in [2.75, 3.05) is 20.7 Å². The van der Waals surface area contributed by atoms with Crippen LogP contribution in [0.15, 0.2) is 12.1 Å². The lowest BCUT2D eigenvalue weighted by molar-refractivity contribution is 0.172. The number of nitrogens with one attached hydrogen (secondary N) is 1. The lowest BCUT2D eigenvalue weighted by atomic mass is 10.1. The number of ether oxygens (including phenoxy) is 1. The molecule has 0 aromatic heterocycles. The predicted molar refractivity (Wildman–Crippen MR) is 56.6 cm³/mol. The van der Waals surface area contributed by atoms with Gasteiger partial charge in [-0.15, -0.1) is 0 Å². The third-order valence-corrected chi connectivity index (χ3v) is 2.27. The number of methoxy groups -OCH3 is 1. The minimum Gasteiger partial charge on any atom is -0.496 e. The van der Waals surface area contributed by atoms with E-state index in [9.17, 15) is 9.50 Å². The summed E-state index contributed by atoms with van der Waals surface area (Å²) >= 11 is 0. The first-order valence-electron chi connectivity index (χ1n) is 4.76. The first kappa shape index (κ1) is 11.9. The van der Waals surface area contributed by atoms with Crippen molar-refractivity contribution in [1.82, 2.24) is 5.32 Å². The quantitative estimate of drug-likeness (QED) is 0.794. The Labute approximate surface area is 88.9 Å². The highest BCUT2D eigenvalue weighted by molar-refractivity contribution is 5.38. The van der Waals surface area contributed by atoms with Crippen LogP contribution in [0.25, 0.3) is 0 Å². The largest absolute Gasteiger partial charge is 0.496 e. The summed E-state index contributed by atoms with van der Waals surface area (Å²) in [6.45, 7) is 2.07. The fourth-order valence-electron chi connectivity index (χ4n) is 1.45. The van der Waals surface area contributed by atoms with Gasteiger partial charge in [0.15, 0.2) is 0 Å². The van der Waals surface area contributed by atoms with Gasteiger partial charge in [0.05, 0.1) is 13.2 Å². The van der Waals surface area contributed by atoms with Gasteiger partial charge in [0.25, 0.3) is 0 Å². The molecule has 0 saturated heterocycles. The van der Waals surface area contributed by atoms with Crippen LogP contribution in [-0.2, 0) is 0 Å².